The van der Waals surface area contributed by atoms with Gasteiger partial charge in [-0.15, -0.1) is 0 Å². The highest BCUT2D eigenvalue weighted by Crippen LogP contribution is 2.29. The first-order valence-electron chi connectivity index (χ1n) is 9.88. The van der Waals surface area contributed by atoms with Gasteiger partial charge in [0.2, 0.25) is 0 Å². The van der Waals surface area contributed by atoms with Gasteiger partial charge in [0.05, 0.1) is 5.69 Å². The molecule has 4 heteroatoms. The second-order valence-electron chi connectivity index (χ2n) is 8.27. The van der Waals surface area contributed by atoms with Crippen LogP contribution >= 0.6 is 0 Å². The van der Waals surface area contributed by atoms with Crippen LogP contribution < -0.4 is 4.74 Å². The fourth-order valence-corrected chi connectivity index (χ4v) is 3.91. The topological polar surface area (TPSA) is 42.4 Å². The predicted molar refractivity (Wildman–Crippen MR) is 111 cm³/mol. The molecule has 144 valence electrons. The Balaban J connectivity index is 1.49. The van der Waals surface area contributed by atoms with E-state index in [0.29, 0.717) is 12.3 Å². The lowest BCUT2D eigenvalue weighted by atomic mass is 9.84. The molecule has 1 aliphatic heterocycles. The smallest absolute Gasteiger partial charge is 0.272 e. The summed E-state index contributed by atoms with van der Waals surface area (Å²) in [6, 6.07) is 19.8. The van der Waals surface area contributed by atoms with E-state index in [-0.39, 0.29) is 11.3 Å². The van der Waals surface area contributed by atoms with Crippen molar-refractivity contribution in [2.75, 3.05) is 13.1 Å². The number of hydrogen-bond donors (Lipinski definition) is 0. The molecule has 0 N–H and O–H groups in total. The quantitative estimate of drug-likeness (QED) is 0.640. The normalized spacial score (nSPS) is 16.1. The van der Waals surface area contributed by atoms with Gasteiger partial charge in [0.1, 0.15) is 18.1 Å². The Labute approximate surface area is 166 Å². The average Bonchev–Trinajstić information content (AvgIpc) is 2.71. The molecule has 1 saturated heterocycles. The number of carbonyl (C=O) groups excluding carboxylic acids is 1. The first kappa shape index (κ1) is 18.5. The number of ether oxygens (including phenoxy) is 1. The number of hydrogen-bond acceptors (Lipinski definition) is 3. The molecule has 1 aliphatic rings. The molecule has 1 fully saturated rings. The number of benzene rings is 2. The summed E-state index contributed by atoms with van der Waals surface area (Å²) in [5, 5.41) is 2.22. The van der Waals surface area contributed by atoms with Crippen LogP contribution in [0.5, 0.6) is 5.75 Å². The van der Waals surface area contributed by atoms with Gasteiger partial charge >= 0.3 is 0 Å². The van der Waals surface area contributed by atoms with Gasteiger partial charge in [0, 0.05) is 18.5 Å². The van der Waals surface area contributed by atoms with E-state index in [0.717, 1.165) is 48.1 Å². The van der Waals surface area contributed by atoms with Gasteiger partial charge in [0.15, 0.2) is 0 Å². The largest absolute Gasteiger partial charge is 0.487 e. The maximum Gasteiger partial charge on any atom is 0.272 e. The molecule has 28 heavy (non-hydrogen) atoms. The third-order valence-corrected chi connectivity index (χ3v) is 5.34. The first-order valence-corrected chi connectivity index (χ1v) is 9.88. The van der Waals surface area contributed by atoms with Crippen molar-refractivity contribution in [3.8, 4) is 5.75 Å². The highest BCUT2D eigenvalue weighted by atomic mass is 16.5. The fourth-order valence-electron chi connectivity index (χ4n) is 3.91. The van der Waals surface area contributed by atoms with Crippen LogP contribution in [0.4, 0.5) is 0 Å². The summed E-state index contributed by atoms with van der Waals surface area (Å²) in [4.78, 5) is 19.4. The minimum absolute atomic E-state index is 0.0137. The van der Waals surface area contributed by atoms with Crippen molar-refractivity contribution in [1.82, 2.24) is 9.88 Å². The maximum atomic E-state index is 12.9. The zero-order valence-electron chi connectivity index (χ0n) is 16.5. The first-order chi connectivity index (χ1) is 13.5. The number of fused-ring (bicyclic) bond motifs is 1. The van der Waals surface area contributed by atoms with Gasteiger partial charge in [-0.3, -0.25) is 4.79 Å². The van der Waals surface area contributed by atoms with Crippen LogP contribution in [-0.4, -0.2) is 28.9 Å². The van der Waals surface area contributed by atoms with Crippen LogP contribution in [-0.2, 0) is 6.61 Å². The molecule has 3 aromatic rings. The van der Waals surface area contributed by atoms with E-state index in [9.17, 15) is 4.79 Å². The lowest BCUT2D eigenvalue weighted by molar-refractivity contribution is 0.0577. The van der Waals surface area contributed by atoms with Crippen molar-refractivity contribution in [2.45, 2.75) is 33.3 Å². The van der Waals surface area contributed by atoms with E-state index >= 15 is 0 Å². The number of carbonyl (C=O) groups is 1. The zero-order chi connectivity index (χ0) is 19.6. The van der Waals surface area contributed by atoms with E-state index in [1.54, 1.807) is 6.07 Å². The van der Waals surface area contributed by atoms with Gasteiger partial charge in [-0.05, 0) is 41.8 Å². The van der Waals surface area contributed by atoms with Gasteiger partial charge in [-0.25, -0.2) is 4.98 Å². The zero-order valence-corrected chi connectivity index (χ0v) is 16.5. The number of amides is 1. The molecule has 1 aromatic heterocycles. The molecular weight excluding hydrogens is 348 g/mol. The van der Waals surface area contributed by atoms with Crippen LogP contribution in [0.3, 0.4) is 0 Å². The summed E-state index contributed by atoms with van der Waals surface area (Å²) < 4.78 is 6.03. The third-order valence-electron chi connectivity index (χ3n) is 5.34. The molecule has 0 spiro atoms. The Kier molecular flexibility index (Phi) is 5.03. The van der Waals surface area contributed by atoms with Crippen molar-refractivity contribution < 1.29 is 9.53 Å². The van der Waals surface area contributed by atoms with E-state index in [2.05, 4.69) is 37.0 Å². The second kappa shape index (κ2) is 7.63. The van der Waals surface area contributed by atoms with Crippen molar-refractivity contribution in [3.05, 3.63) is 72.1 Å². The second-order valence-corrected chi connectivity index (χ2v) is 8.27. The van der Waals surface area contributed by atoms with Gasteiger partial charge in [0.25, 0.3) is 5.91 Å². The summed E-state index contributed by atoms with van der Waals surface area (Å²) >= 11 is 0. The Morgan fingerprint density at radius 1 is 1.07 bits per heavy atom. The third kappa shape index (κ3) is 4.01. The van der Waals surface area contributed by atoms with Gasteiger partial charge < -0.3 is 9.64 Å². The van der Waals surface area contributed by atoms with E-state index < -0.39 is 0 Å². The fraction of sp³-hybridized carbons (Fsp3) is 0.333. The molecule has 2 aromatic carbocycles. The predicted octanol–water partition coefficient (Wildman–Crippen LogP) is 5.08. The van der Waals surface area contributed by atoms with Crippen LogP contribution in [0.2, 0.25) is 0 Å². The van der Waals surface area contributed by atoms with E-state index in [1.807, 2.05) is 41.3 Å². The van der Waals surface area contributed by atoms with E-state index in [4.69, 9.17) is 4.74 Å². The molecular formula is C24H26N2O2. The molecule has 0 bridgehead atoms. The Bertz CT molecular complexity index is 991. The minimum atomic E-state index is 0.0137. The molecule has 2 heterocycles. The van der Waals surface area contributed by atoms with Crippen LogP contribution in [0.1, 0.15) is 42.9 Å². The lowest BCUT2D eigenvalue weighted by Crippen LogP contribution is -2.43. The summed E-state index contributed by atoms with van der Waals surface area (Å²) in [7, 11) is 0. The van der Waals surface area contributed by atoms with Crippen molar-refractivity contribution in [1.29, 1.82) is 0 Å². The summed E-state index contributed by atoms with van der Waals surface area (Å²) in [5.74, 6) is 0.842. The van der Waals surface area contributed by atoms with Crippen molar-refractivity contribution in [2.24, 2.45) is 5.41 Å². The molecule has 1 amide bonds. The summed E-state index contributed by atoms with van der Waals surface area (Å²) in [6.45, 7) is 6.36. The van der Waals surface area contributed by atoms with Crippen LogP contribution in [0, 0.1) is 5.41 Å². The number of aromatic nitrogens is 1. The van der Waals surface area contributed by atoms with E-state index in [1.165, 1.54) is 0 Å². The SMILES string of the molecule is CC1(C)CCCN(C(=O)c2cccc(COc3cccc4ccccc34)n2)C1. The maximum absolute atomic E-state index is 12.9. The molecule has 0 atom stereocenters. The number of nitrogens with zero attached hydrogens (tertiary/aromatic N) is 2. The summed E-state index contributed by atoms with van der Waals surface area (Å²) in [5.41, 5.74) is 1.43. The number of likely N-dealkylation sites (tertiary alicyclic amines) is 1. The Hall–Kier alpha value is -2.88. The molecule has 0 aliphatic carbocycles. The molecule has 4 nitrogen and oxygen atoms in total. The molecule has 4 rings (SSSR count). The van der Waals surface area contributed by atoms with Gasteiger partial charge in [-0.1, -0.05) is 56.3 Å². The van der Waals surface area contributed by atoms with Crippen LogP contribution in [0.25, 0.3) is 10.8 Å². The number of piperidine rings is 1. The van der Waals surface area contributed by atoms with Crippen LogP contribution in [0.15, 0.2) is 60.7 Å². The highest BCUT2D eigenvalue weighted by molar-refractivity contribution is 5.92. The summed E-state index contributed by atoms with van der Waals surface area (Å²) in [6.07, 6.45) is 2.20. The van der Waals surface area contributed by atoms with Gasteiger partial charge in [-0.2, -0.15) is 0 Å². The lowest BCUT2D eigenvalue weighted by Gasteiger charge is -2.37. The minimum Gasteiger partial charge on any atom is -0.487 e. The Morgan fingerprint density at radius 2 is 1.86 bits per heavy atom. The standard InChI is InChI=1S/C24H26N2O2/c1-24(2)14-7-15-26(17-24)23(27)21-12-6-10-19(25-21)16-28-22-13-5-9-18-8-3-4-11-20(18)22/h3-6,8-13H,7,14-17H2,1-2H3. The monoisotopic (exact) mass is 374 g/mol. The molecule has 0 saturated carbocycles. The van der Waals surface area contributed by atoms with Crippen molar-refractivity contribution in [3.63, 3.8) is 0 Å². The number of rotatable bonds is 4. The Morgan fingerprint density at radius 3 is 2.71 bits per heavy atom. The van der Waals surface area contributed by atoms with Crippen molar-refractivity contribution >= 4 is 16.7 Å². The average molecular weight is 374 g/mol. The number of pyridine rings is 1. The molecule has 0 radical (unpaired) electrons. The highest BCUT2D eigenvalue weighted by Gasteiger charge is 2.30. The molecule has 0 unspecified atom stereocenters.